The molecule has 0 bridgehead atoms. The van der Waals surface area contributed by atoms with E-state index in [1.54, 1.807) is 14.2 Å². The fourth-order valence-electron chi connectivity index (χ4n) is 3.44. The second kappa shape index (κ2) is 7.04. The first-order valence-electron chi connectivity index (χ1n) is 8.52. The van der Waals surface area contributed by atoms with Crippen molar-refractivity contribution < 1.29 is 14.2 Å². The lowest BCUT2D eigenvalue weighted by Gasteiger charge is -2.45. The minimum Gasteiger partial charge on any atom is -0.497 e. The highest BCUT2D eigenvalue weighted by Gasteiger charge is 2.48. The average molecular weight is 375 g/mol. The third kappa shape index (κ3) is 3.20. The molecular weight excluding hydrogens is 352 g/mol. The molecule has 4 rings (SSSR count). The summed E-state index contributed by atoms with van der Waals surface area (Å²) in [7, 11) is 3.40. The Morgan fingerprint density at radius 3 is 2.32 bits per heavy atom. The van der Waals surface area contributed by atoms with Crippen molar-refractivity contribution in [2.75, 3.05) is 25.7 Å². The Morgan fingerprint density at radius 1 is 0.960 bits per heavy atom. The van der Waals surface area contributed by atoms with Crippen molar-refractivity contribution in [3.8, 4) is 17.2 Å². The zero-order chi connectivity index (χ0) is 17.3. The molecular formula is C20H22O3S2. The molecule has 25 heavy (non-hydrogen) atoms. The normalized spacial score (nSPS) is 21.3. The number of thioether (sulfide) groups is 2. The molecule has 0 saturated carbocycles. The fourth-order valence-corrected chi connectivity index (χ4v) is 6.74. The van der Waals surface area contributed by atoms with E-state index >= 15 is 0 Å². The number of rotatable bonds is 3. The second-order valence-corrected chi connectivity index (χ2v) is 9.12. The van der Waals surface area contributed by atoms with Crippen molar-refractivity contribution in [1.82, 2.24) is 0 Å². The molecule has 2 aliphatic rings. The van der Waals surface area contributed by atoms with E-state index in [0.29, 0.717) is 5.92 Å². The summed E-state index contributed by atoms with van der Waals surface area (Å²) in [4.78, 5) is 0. The van der Waals surface area contributed by atoms with Gasteiger partial charge in [-0.3, -0.25) is 0 Å². The van der Waals surface area contributed by atoms with E-state index in [2.05, 4.69) is 18.2 Å². The van der Waals surface area contributed by atoms with Crippen molar-refractivity contribution in [3.05, 3.63) is 53.6 Å². The summed E-state index contributed by atoms with van der Waals surface area (Å²) in [5.74, 6) is 5.30. The Labute approximate surface area is 157 Å². The predicted molar refractivity (Wildman–Crippen MR) is 105 cm³/mol. The Morgan fingerprint density at radius 2 is 1.64 bits per heavy atom. The van der Waals surface area contributed by atoms with Crippen LogP contribution in [-0.2, 0) is 6.42 Å². The van der Waals surface area contributed by atoms with Crippen molar-refractivity contribution in [2.45, 2.75) is 23.0 Å². The topological polar surface area (TPSA) is 27.7 Å². The van der Waals surface area contributed by atoms with Gasteiger partial charge in [0, 0.05) is 12.0 Å². The molecule has 1 atom stereocenters. The minimum atomic E-state index is -0.258. The molecule has 1 saturated heterocycles. The minimum absolute atomic E-state index is 0.258. The van der Waals surface area contributed by atoms with Crippen LogP contribution < -0.4 is 14.2 Å². The van der Waals surface area contributed by atoms with Gasteiger partial charge in [0.15, 0.2) is 0 Å². The molecule has 0 unspecified atom stereocenters. The van der Waals surface area contributed by atoms with Gasteiger partial charge in [0.05, 0.1) is 14.2 Å². The van der Waals surface area contributed by atoms with Crippen molar-refractivity contribution in [1.29, 1.82) is 0 Å². The van der Waals surface area contributed by atoms with Crippen LogP contribution in [0.5, 0.6) is 17.2 Å². The van der Waals surface area contributed by atoms with Gasteiger partial charge in [0.25, 0.3) is 0 Å². The Kier molecular flexibility index (Phi) is 4.78. The standard InChI is InChI=1S/C20H22O3S2/c1-21-16-7-4-14(5-8-16)18-12-15-6-9-17(22-2)13-19(15)23-20(18)24-10-3-11-25-20/h4-9,13,18H,3,10-12H2,1-2H3/t18-/m0/s1. The van der Waals surface area contributed by atoms with E-state index in [9.17, 15) is 0 Å². The summed E-state index contributed by atoms with van der Waals surface area (Å²) < 4.78 is 17.1. The monoisotopic (exact) mass is 374 g/mol. The van der Waals surface area contributed by atoms with Crippen LogP contribution in [0.3, 0.4) is 0 Å². The molecule has 0 aromatic heterocycles. The van der Waals surface area contributed by atoms with E-state index in [0.717, 1.165) is 35.2 Å². The number of benzene rings is 2. The van der Waals surface area contributed by atoms with Crippen LogP contribution in [-0.4, -0.2) is 30.0 Å². The van der Waals surface area contributed by atoms with Crippen LogP contribution in [0.15, 0.2) is 42.5 Å². The maximum atomic E-state index is 6.64. The molecule has 2 heterocycles. The molecule has 2 aromatic carbocycles. The lowest BCUT2D eigenvalue weighted by atomic mass is 9.89. The zero-order valence-electron chi connectivity index (χ0n) is 14.5. The summed E-state index contributed by atoms with van der Waals surface area (Å²) in [6, 6.07) is 14.6. The quantitative estimate of drug-likeness (QED) is 0.758. The number of hydrogen-bond acceptors (Lipinski definition) is 5. The van der Waals surface area contributed by atoms with Gasteiger partial charge in [-0.15, -0.1) is 23.5 Å². The van der Waals surface area contributed by atoms with Gasteiger partial charge in [-0.05, 0) is 53.7 Å². The van der Waals surface area contributed by atoms with Gasteiger partial charge in [-0.1, -0.05) is 18.2 Å². The molecule has 2 aromatic rings. The van der Waals surface area contributed by atoms with E-state index in [4.69, 9.17) is 14.2 Å². The molecule has 0 N–H and O–H groups in total. The Balaban J connectivity index is 1.74. The fraction of sp³-hybridized carbons (Fsp3) is 0.400. The highest BCUT2D eigenvalue weighted by atomic mass is 32.2. The van der Waals surface area contributed by atoms with Crippen LogP contribution in [0, 0.1) is 0 Å². The first kappa shape index (κ1) is 17.0. The van der Waals surface area contributed by atoms with Gasteiger partial charge in [-0.2, -0.15) is 0 Å². The second-order valence-electron chi connectivity index (χ2n) is 6.26. The van der Waals surface area contributed by atoms with Crippen molar-refractivity contribution in [2.24, 2.45) is 0 Å². The Hall–Kier alpha value is -1.46. The van der Waals surface area contributed by atoms with Crippen LogP contribution >= 0.6 is 23.5 Å². The largest absolute Gasteiger partial charge is 0.497 e. The molecule has 132 valence electrons. The zero-order valence-corrected chi connectivity index (χ0v) is 16.1. The molecule has 0 aliphatic carbocycles. The Bertz CT molecular complexity index is 739. The SMILES string of the molecule is COc1ccc([C@@H]2Cc3ccc(OC)cc3OC23SCCCS3)cc1. The summed E-state index contributed by atoms with van der Waals surface area (Å²) in [5, 5.41) is 0. The van der Waals surface area contributed by atoms with Gasteiger partial charge in [0.2, 0.25) is 4.27 Å². The summed E-state index contributed by atoms with van der Waals surface area (Å²) in [6.07, 6.45) is 2.21. The predicted octanol–water partition coefficient (Wildman–Crippen LogP) is 4.95. The number of methoxy groups -OCH3 is 2. The maximum absolute atomic E-state index is 6.64. The van der Waals surface area contributed by atoms with E-state index < -0.39 is 0 Å². The van der Waals surface area contributed by atoms with Crippen LogP contribution in [0.2, 0.25) is 0 Å². The van der Waals surface area contributed by atoms with Gasteiger partial charge in [0.1, 0.15) is 17.2 Å². The van der Waals surface area contributed by atoms with Crippen molar-refractivity contribution >= 4 is 23.5 Å². The first-order chi connectivity index (χ1) is 12.2. The third-order valence-corrected chi connectivity index (χ3v) is 8.02. The van der Waals surface area contributed by atoms with Gasteiger partial charge in [-0.25, -0.2) is 0 Å². The van der Waals surface area contributed by atoms with Gasteiger partial charge < -0.3 is 14.2 Å². The van der Waals surface area contributed by atoms with E-state index in [-0.39, 0.29) is 4.27 Å². The van der Waals surface area contributed by atoms with Crippen LogP contribution in [0.1, 0.15) is 23.5 Å². The van der Waals surface area contributed by atoms with E-state index in [1.165, 1.54) is 17.5 Å². The molecule has 1 fully saturated rings. The van der Waals surface area contributed by atoms with Crippen LogP contribution in [0.25, 0.3) is 0 Å². The highest BCUT2D eigenvalue weighted by Crippen LogP contribution is 2.56. The summed E-state index contributed by atoms with van der Waals surface area (Å²) in [6.45, 7) is 0. The average Bonchev–Trinajstić information content (AvgIpc) is 2.68. The lowest BCUT2D eigenvalue weighted by molar-refractivity contribution is 0.197. The molecule has 0 radical (unpaired) electrons. The molecule has 1 spiro atoms. The highest BCUT2D eigenvalue weighted by molar-refractivity contribution is 8.18. The van der Waals surface area contributed by atoms with Crippen molar-refractivity contribution in [3.63, 3.8) is 0 Å². The van der Waals surface area contributed by atoms with Gasteiger partial charge >= 0.3 is 0 Å². The number of fused-ring (bicyclic) bond motifs is 1. The number of ether oxygens (including phenoxy) is 3. The van der Waals surface area contributed by atoms with Crippen LogP contribution in [0.4, 0.5) is 0 Å². The number of hydrogen-bond donors (Lipinski definition) is 0. The van der Waals surface area contributed by atoms with E-state index in [1.807, 2.05) is 47.8 Å². The molecule has 2 aliphatic heterocycles. The first-order valence-corrected chi connectivity index (χ1v) is 10.5. The maximum Gasteiger partial charge on any atom is 0.208 e. The lowest BCUT2D eigenvalue weighted by Crippen LogP contribution is -2.42. The molecule has 0 amide bonds. The summed E-state index contributed by atoms with van der Waals surface area (Å²) in [5.41, 5.74) is 2.56. The molecule has 5 heteroatoms. The molecule has 3 nitrogen and oxygen atoms in total. The smallest absolute Gasteiger partial charge is 0.208 e. The third-order valence-electron chi connectivity index (χ3n) is 4.79. The summed E-state index contributed by atoms with van der Waals surface area (Å²) >= 11 is 3.89.